The number of fused-ring (bicyclic) bond motifs is 1. The molecule has 1 aliphatic heterocycles. The second-order valence-corrected chi connectivity index (χ2v) is 6.93. The number of nitrogens with zero attached hydrogens (tertiary/aromatic N) is 4. The van der Waals surface area contributed by atoms with E-state index in [1.807, 2.05) is 0 Å². The number of rotatable bonds is 2. The molecule has 1 aliphatic rings. The largest absolute Gasteiger partial charge is 0.437 e. The molecule has 142 valence electrons. The van der Waals surface area contributed by atoms with E-state index in [0.717, 1.165) is 6.07 Å². The molecule has 0 radical (unpaired) electrons. The first kappa shape index (κ1) is 18.7. The fourth-order valence-electron chi connectivity index (χ4n) is 2.72. The Labute approximate surface area is 170 Å². The number of pyridine rings is 1. The first-order valence-electron chi connectivity index (χ1n) is 7.78. The molecule has 2 aromatic heterocycles. The first-order valence-corrected chi connectivity index (χ1v) is 8.95. The predicted octanol–water partition coefficient (Wildman–Crippen LogP) is 5.78. The van der Waals surface area contributed by atoms with Gasteiger partial charge in [0.15, 0.2) is 5.82 Å². The second-order valence-electron chi connectivity index (χ2n) is 5.71. The predicted molar refractivity (Wildman–Crippen MR) is 102 cm³/mol. The standard InChI is InChI=1S/C18H9BrClF3N4O/c1-9-10-4-2-5-11(18(21,22)23)15(10)25-17(28-9)13-8-14(19)26-27(13)16-12(20)6-3-7-24-16/h2-8H,1H2. The molecule has 0 saturated carbocycles. The van der Waals surface area contributed by atoms with E-state index in [0.29, 0.717) is 9.63 Å². The lowest BCUT2D eigenvalue weighted by molar-refractivity contribution is -0.137. The Morgan fingerprint density at radius 1 is 1.18 bits per heavy atom. The van der Waals surface area contributed by atoms with E-state index in [-0.39, 0.29) is 34.4 Å². The van der Waals surface area contributed by atoms with Gasteiger partial charge >= 0.3 is 6.18 Å². The molecule has 0 aliphatic carbocycles. The molecule has 0 fully saturated rings. The van der Waals surface area contributed by atoms with Crippen LogP contribution in [0.5, 0.6) is 0 Å². The van der Waals surface area contributed by atoms with Crippen molar-refractivity contribution in [3.05, 3.63) is 75.6 Å². The van der Waals surface area contributed by atoms with Gasteiger partial charge in [0.05, 0.1) is 16.3 Å². The number of para-hydroxylation sites is 1. The Morgan fingerprint density at radius 3 is 2.68 bits per heavy atom. The summed E-state index contributed by atoms with van der Waals surface area (Å²) in [5.74, 6) is 0.216. The molecule has 0 bridgehead atoms. The lowest BCUT2D eigenvalue weighted by Crippen LogP contribution is -2.17. The number of hydrogen-bond donors (Lipinski definition) is 0. The van der Waals surface area contributed by atoms with Gasteiger partial charge in [0.2, 0.25) is 5.90 Å². The van der Waals surface area contributed by atoms with E-state index >= 15 is 0 Å². The highest BCUT2D eigenvalue weighted by atomic mass is 79.9. The summed E-state index contributed by atoms with van der Waals surface area (Å²) in [6, 6.07) is 8.51. The van der Waals surface area contributed by atoms with Gasteiger partial charge in [-0.15, -0.1) is 0 Å². The highest BCUT2D eigenvalue weighted by Crippen LogP contribution is 2.43. The second kappa shape index (κ2) is 6.75. The van der Waals surface area contributed by atoms with Crippen molar-refractivity contribution in [3.8, 4) is 5.82 Å². The molecular weight excluding hydrogens is 461 g/mol. The van der Waals surface area contributed by atoms with Crippen LogP contribution in [-0.2, 0) is 10.9 Å². The summed E-state index contributed by atoms with van der Waals surface area (Å²) in [5.41, 5.74) is -0.721. The molecule has 0 amide bonds. The number of alkyl halides is 3. The van der Waals surface area contributed by atoms with Gasteiger partial charge in [-0.05, 0) is 40.2 Å². The van der Waals surface area contributed by atoms with Gasteiger partial charge in [-0.25, -0.2) is 14.7 Å². The maximum Gasteiger partial charge on any atom is 0.418 e. The number of aromatic nitrogens is 3. The Kier molecular flexibility index (Phi) is 4.51. The molecule has 10 heteroatoms. The summed E-state index contributed by atoms with van der Waals surface area (Å²) < 4.78 is 47.7. The molecule has 4 rings (SSSR count). The quantitative estimate of drug-likeness (QED) is 0.478. The third-order valence-electron chi connectivity index (χ3n) is 3.91. The third-order valence-corrected chi connectivity index (χ3v) is 4.60. The van der Waals surface area contributed by atoms with Crippen molar-refractivity contribution < 1.29 is 17.9 Å². The van der Waals surface area contributed by atoms with Crippen molar-refractivity contribution in [2.24, 2.45) is 4.99 Å². The topological polar surface area (TPSA) is 52.3 Å². The highest BCUT2D eigenvalue weighted by Gasteiger charge is 2.37. The molecule has 5 nitrogen and oxygen atoms in total. The van der Waals surface area contributed by atoms with E-state index in [9.17, 15) is 13.2 Å². The maximum absolute atomic E-state index is 13.4. The zero-order chi connectivity index (χ0) is 20.1. The van der Waals surface area contributed by atoms with Crippen LogP contribution in [0.1, 0.15) is 16.8 Å². The van der Waals surface area contributed by atoms with E-state index in [1.54, 1.807) is 12.1 Å². The minimum atomic E-state index is -4.58. The maximum atomic E-state index is 13.4. The number of ether oxygens (including phenoxy) is 1. The van der Waals surface area contributed by atoms with E-state index in [1.165, 1.54) is 29.1 Å². The van der Waals surface area contributed by atoms with Gasteiger partial charge in [-0.1, -0.05) is 24.2 Å². The first-order chi connectivity index (χ1) is 13.3. The van der Waals surface area contributed by atoms with Crippen molar-refractivity contribution in [3.63, 3.8) is 0 Å². The molecule has 1 aromatic carbocycles. The summed E-state index contributed by atoms with van der Waals surface area (Å²) >= 11 is 9.44. The van der Waals surface area contributed by atoms with Gasteiger partial charge in [0, 0.05) is 17.8 Å². The van der Waals surface area contributed by atoms with Crippen LogP contribution in [0.2, 0.25) is 5.02 Å². The molecule has 0 atom stereocenters. The van der Waals surface area contributed by atoms with Crippen LogP contribution < -0.4 is 0 Å². The van der Waals surface area contributed by atoms with Crippen molar-refractivity contribution in [2.75, 3.05) is 0 Å². The fraction of sp³-hybridized carbons (Fsp3) is 0.0556. The number of aliphatic imine (C=N–C) groups is 1. The van der Waals surface area contributed by atoms with Gasteiger partial charge in [0.1, 0.15) is 16.1 Å². The van der Waals surface area contributed by atoms with Crippen molar-refractivity contribution in [1.82, 2.24) is 14.8 Å². The van der Waals surface area contributed by atoms with Crippen LogP contribution in [0, 0.1) is 0 Å². The molecule has 0 N–H and O–H groups in total. The van der Waals surface area contributed by atoms with Crippen LogP contribution in [0.15, 0.2) is 58.8 Å². The lowest BCUT2D eigenvalue weighted by atomic mass is 10.0. The summed E-state index contributed by atoms with van der Waals surface area (Å²) in [5, 5.41) is 4.54. The minimum absolute atomic E-state index is 0.0436. The van der Waals surface area contributed by atoms with Gasteiger partial charge in [-0.3, -0.25) is 0 Å². The van der Waals surface area contributed by atoms with Crippen LogP contribution in [-0.4, -0.2) is 20.7 Å². The van der Waals surface area contributed by atoms with Gasteiger partial charge in [-0.2, -0.15) is 18.3 Å². The number of hydrogen-bond acceptors (Lipinski definition) is 4. The van der Waals surface area contributed by atoms with Gasteiger partial charge in [0.25, 0.3) is 0 Å². The number of benzene rings is 1. The van der Waals surface area contributed by atoms with Crippen LogP contribution >= 0.6 is 27.5 Å². The van der Waals surface area contributed by atoms with E-state index in [2.05, 4.69) is 37.6 Å². The van der Waals surface area contributed by atoms with Crippen LogP contribution in [0.4, 0.5) is 18.9 Å². The Bertz CT molecular complexity index is 1140. The lowest BCUT2D eigenvalue weighted by Gasteiger charge is -2.21. The molecule has 0 saturated heterocycles. The number of halogens is 5. The van der Waals surface area contributed by atoms with Gasteiger partial charge < -0.3 is 4.74 Å². The molecule has 3 aromatic rings. The highest BCUT2D eigenvalue weighted by molar-refractivity contribution is 9.10. The Hall–Kier alpha value is -2.65. The summed E-state index contributed by atoms with van der Waals surface area (Å²) in [6.45, 7) is 3.73. The third kappa shape index (κ3) is 3.20. The Morgan fingerprint density at radius 2 is 1.96 bits per heavy atom. The summed E-state index contributed by atoms with van der Waals surface area (Å²) in [4.78, 5) is 8.29. The summed E-state index contributed by atoms with van der Waals surface area (Å²) in [7, 11) is 0. The molecule has 0 spiro atoms. The molecule has 28 heavy (non-hydrogen) atoms. The average molecular weight is 470 g/mol. The van der Waals surface area contributed by atoms with E-state index < -0.39 is 11.7 Å². The van der Waals surface area contributed by atoms with E-state index in [4.69, 9.17) is 16.3 Å². The summed E-state index contributed by atoms with van der Waals surface area (Å²) in [6.07, 6.45) is -3.07. The molecular formula is C18H9BrClF3N4O. The average Bonchev–Trinajstić information content (AvgIpc) is 3.02. The molecule has 3 heterocycles. The SMILES string of the molecule is C=C1OC(c2cc(Br)nn2-c2ncccc2Cl)=Nc2c1cccc2C(F)(F)F. The van der Waals surface area contributed by atoms with Crippen molar-refractivity contribution in [2.45, 2.75) is 6.18 Å². The zero-order valence-corrected chi connectivity index (χ0v) is 16.2. The fourth-order valence-corrected chi connectivity index (χ4v) is 3.30. The van der Waals surface area contributed by atoms with Crippen LogP contribution in [0.25, 0.3) is 11.6 Å². The van der Waals surface area contributed by atoms with Crippen molar-refractivity contribution >= 4 is 44.9 Å². The zero-order valence-electron chi connectivity index (χ0n) is 13.8. The van der Waals surface area contributed by atoms with Crippen LogP contribution in [0.3, 0.4) is 0 Å². The smallest absolute Gasteiger partial charge is 0.418 e. The normalized spacial score (nSPS) is 13.8. The van der Waals surface area contributed by atoms with Crippen molar-refractivity contribution in [1.29, 1.82) is 0 Å². The minimum Gasteiger partial charge on any atom is -0.437 e. The monoisotopic (exact) mass is 468 g/mol. The molecule has 0 unspecified atom stereocenters. The Balaban J connectivity index is 1.93.